The van der Waals surface area contributed by atoms with Gasteiger partial charge in [-0.25, -0.2) is 19.9 Å². The monoisotopic (exact) mass is 600 g/mol. The third kappa shape index (κ3) is 4.46. The molecule has 0 atom stereocenters. The molecule has 2 aromatic heterocycles. The summed E-state index contributed by atoms with van der Waals surface area (Å²) in [4.78, 5) is 20.3. The lowest BCUT2D eigenvalue weighted by Crippen LogP contribution is -2.56. The first-order chi connectivity index (χ1) is 23.1. The van der Waals surface area contributed by atoms with E-state index < -0.39 is 0 Å². The van der Waals surface area contributed by atoms with Gasteiger partial charge in [0.25, 0.3) is 0 Å². The van der Waals surface area contributed by atoms with E-state index in [1.165, 1.54) is 43.9 Å². The topological polar surface area (TPSA) is 51.6 Å². The van der Waals surface area contributed by atoms with Crippen LogP contribution in [0, 0.1) is 13.8 Å². The Balaban J connectivity index is 1.30. The molecule has 0 radical (unpaired) electrons. The summed E-state index contributed by atoms with van der Waals surface area (Å²) in [6.07, 6.45) is 0. The molecule has 4 nitrogen and oxygen atoms in total. The molecular weight excluding hydrogens is 571 g/mol. The van der Waals surface area contributed by atoms with Gasteiger partial charge >= 0.3 is 0 Å². The molecule has 0 saturated carbocycles. The Morgan fingerprint density at radius 1 is 0.447 bits per heavy atom. The number of hydrogen-bond donors (Lipinski definition) is 0. The van der Waals surface area contributed by atoms with Crippen molar-refractivity contribution in [3.05, 3.63) is 151 Å². The molecule has 0 bridgehead atoms. The first kappa shape index (κ1) is 27.4. The van der Waals surface area contributed by atoms with E-state index in [-0.39, 0.29) is 6.71 Å². The van der Waals surface area contributed by atoms with Gasteiger partial charge in [0.1, 0.15) is 0 Å². The van der Waals surface area contributed by atoms with Crippen LogP contribution in [0.3, 0.4) is 0 Å². The molecule has 8 aromatic rings. The molecule has 3 heterocycles. The molecule has 9 rings (SSSR count). The van der Waals surface area contributed by atoms with Crippen molar-refractivity contribution in [3.63, 3.8) is 0 Å². The molecular formula is C42H29BN4. The van der Waals surface area contributed by atoms with Crippen molar-refractivity contribution in [2.45, 2.75) is 13.8 Å². The van der Waals surface area contributed by atoms with Crippen molar-refractivity contribution < 1.29 is 0 Å². The number of aryl methyl sites for hydroxylation is 2. The Morgan fingerprint density at radius 2 is 1.02 bits per heavy atom. The minimum absolute atomic E-state index is 0.122. The predicted molar refractivity (Wildman–Crippen MR) is 195 cm³/mol. The summed E-state index contributed by atoms with van der Waals surface area (Å²) in [5.41, 5.74) is 12.6. The number of aromatic nitrogens is 4. The van der Waals surface area contributed by atoms with E-state index in [1.807, 2.05) is 60.7 Å². The summed E-state index contributed by atoms with van der Waals surface area (Å²) in [6, 6.07) is 48.8. The number of nitrogens with zero attached hydrogens (tertiary/aromatic N) is 4. The smallest absolute Gasteiger partial charge is 0.243 e. The number of rotatable bonds is 4. The van der Waals surface area contributed by atoms with Crippen LogP contribution in [0.5, 0.6) is 0 Å². The number of fused-ring (bicyclic) bond motifs is 4. The van der Waals surface area contributed by atoms with Gasteiger partial charge in [-0.15, -0.1) is 0 Å². The highest BCUT2D eigenvalue weighted by Crippen LogP contribution is 2.36. The average molecular weight is 601 g/mol. The highest BCUT2D eigenvalue weighted by atomic mass is 15.0. The van der Waals surface area contributed by atoms with Gasteiger partial charge in [-0.1, -0.05) is 149 Å². The Morgan fingerprint density at radius 3 is 1.70 bits per heavy atom. The highest BCUT2D eigenvalue weighted by molar-refractivity contribution is 6.99. The molecule has 0 fully saturated rings. The summed E-state index contributed by atoms with van der Waals surface area (Å²) in [6.45, 7) is 4.58. The zero-order valence-corrected chi connectivity index (χ0v) is 26.1. The van der Waals surface area contributed by atoms with Crippen LogP contribution in [-0.2, 0) is 0 Å². The Labute approximate surface area is 274 Å². The van der Waals surface area contributed by atoms with Crippen LogP contribution < -0.4 is 16.4 Å². The maximum absolute atomic E-state index is 5.36. The second-order valence-electron chi connectivity index (χ2n) is 12.3. The number of pyridine rings is 1. The molecule has 0 amide bonds. The molecule has 5 heteroatoms. The standard InChI is InChI=1S/C42H29BN4/c1-26-13-11-14-27(2)38(26)43-34-21-10-9-19-32(34)39-37-31(20-12-22-35(37)43)33-25-30(23-24-36(33)44-39)42-46-40(28-15-5-3-6-16-28)45-41(47-42)29-17-7-4-8-18-29/h3-25H,1-2H3. The number of benzene rings is 6. The van der Waals surface area contributed by atoms with Gasteiger partial charge in [-0.05, 0) is 43.0 Å². The van der Waals surface area contributed by atoms with E-state index >= 15 is 0 Å². The molecule has 6 aromatic carbocycles. The van der Waals surface area contributed by atoms with E-state index in [9.17, 15) is 0 Å². The second kappa shape index (κ2) is 10.9. The molecule has 1 aliphatic rings. The van der Waals surface area contributed by atoms with Gasteiger partial charge in [0.05, 0.1) is 11.2 Å². The summed E-state index contributed by atoms with van der Waals surface area (Å²) < 4.78 is 0. The zero-order chi connectivity index (χ0) is 31.5. The lowest BCUT2D eigenvalue weighted by Gasteiger charge is -2.29. The van der Waals surface area contributed by atoms with Crippen molar-refractivity contribution in [1.82, 2.24) is 19.9 Å². The van der Waals surface area contributed by atoms with Crippen LogP contribution in [0.25, 0.3) is 67.1 Å². The van der Waals surface area contributed by atoms with Crippen LogP contribution in [0.15, 0.2) is 140 Å². The molecule has 1 aliphatic heterocycles. The van der Waals surface area contributed by atoms with Crippen LogP contribution in [0.2, 0.25) is 0 Å². The van der Waals surface area contributed by atoms with E-state index in [4.69, 9.17) is 19.9 Å². The summed E-state index contributed by atoms with van der Waals surface area (Å²) in [5.74, 6) is 1.94. The summed E-state index contributed by atoms with van der Waals surface area (Å²) >= 11 is 0. The Bertz CT molecular complexity index is 2410. The average Bonchev–Trinajstić information content (AvgIpc) is 3.13. The van der Waals surface area contributed by atoms with E-state index in [2.05, 4.69) is 92.7 Å². The lowest BCUT2D eigenvalue weighted by atomic mass is 9.33. The van der Waals surface area contributed by atoms with Crippen molar-refractivity contribution in [1.29, 1.82) is 0 Å². The van der Waals surface area contributed by atoms with Crippen LogP contribution in [0.4, 0.5) is 0 Å². The Kier molecular flexibility index (Phi) is 6.32. The van der Waals surface area contributed by atoms with E-state index in [0.29, 0.717) is 17.5 Å². The molecule has 47 heavy (non-hydrogen) atoms. The molecule has 0 aliphatic carbocycles. The quantitative estimate of drug-likeness (QED) is 0.154. The first-order valence-corrected chi connectivity index (χ1v) is 16.0. The van der Waals surface area contributed by atoms with Gasteiger partial charge in [0.15, 0.2) is 17.5 Å². The van der Waals surface area contributed by atoms with Gasteiger partial charge < -0.3 is 0 Å². The van der Waals surface area contributed by atoms with Gasteiger partial charge in [0.2, 0.25) is 6.71 Å². The maximum atomic E-state index is 5.36. The van der Waals surface area contributed by atoms with E-state index in [1.54, 1.807) is 0 Å². The van der Waals surface area contributed by atoms with Gasteiger partial charge in [-0.3, -0.25) is 0 Å². The van der Waals surface area contributed by atoms with Crippen molar-refractivity contribution in [2.24, 2.45) is 0 Å². The lowest BCUT2D eigenvalue weighted by molar-refractivity contribution is 1.07. The SMILES string of the molecule is Cc1cccc(C)c1B1c2ccccc2-c2nc3ccc(-c4nc(-c5ccccc5)nc(-c5ccccc5)n4)cc3c3cccc1c23. The minimum atomic E-state index is 0.122. The second-order valence-corrected chi connectivity index (χ2v) is 12.3. The van der Waals surface area contributed by atoms with Gasteiger partial charge in [-0.2, -0.15) is 0 Å². The van der Waals surface area contributed by atoms with Crippen LogP contribution in [-0.4, -0.2) is 26.6 Å². The van der Waals surface area contributed by atoms with Crippen molar-refractivity contribution >= 4 is 44.8 Å². The van der Waals surface area contributed by atoms with E-state index in [0.717, 1.165) is 33.3 Å². The van der Waals surface area contributed by atoms with Crippen LogP contribution in [0.1, 0.15) is 11.1 Å². The zero-order valence-electron chi connectivity index (χ0n) is 26.1. The first-order valence-electron chi connectivity index (χ1n) is 16.0. The fourth-order valence-corrected chi connectivity index (χ4v) is 7.32. The minimum Gasteiger partial charge on any atom is -0.247 e. The molecule has 0 N–H and O–H groups in total. The van der Waals surface area contributed by atoms with Crippen LogP contribution >= 0.6 is 0 Å². The molecule has 0 spiro atoms. The fraction of sp³-hybridized carbons (Fsp3) is 0.0476. The molecule has 0 saturated heterocycles. The molecule has 220 valence electrons. The molecule has 0 unspecified atom stereocenters. The summed E-state index contributed by atoms with van der Waals surface area (Å²) in [5, 5.41) is 3.50. The predicted octanol–water partition coefficient (Wildman–Crippen LogP) is 7.69. The highest BCUT2D eigenvalue weighted by Gasteiger charge is 2.34. The third-order valence-electron chi connectivity index (χ3n) is 9.48. The summed E-state index contributed by atoms with van der Waals surface area (Å²) in [7, 11) is 0. The third-order valence-corrected chi connectivity index (χ3v) is 9.48. The van der Waals surface area contributed by atoms with Gasteiger partial charge in [0, 0.05) is 27.5 Å². The normalized spacial score (nSPS) is 12.0. The Hall–Kier alpha value is -5.94. The maximum Gasteiger partial charge on any atom is 0.243 e. The largest absolute Gasteiger partial charge is 0.247 e. The van der Waals surface area contributed by atoms with Crippen molar-refractivity contribution in [2.75, 3.05) is 0 Å². The number of hydrogen-bond acceptors (Lipinski definition) is 4. The fourth-order valence-electron chi connectivity index (χ4n) is 7.32. The van der Waals surface area contributed by atoms with Crippen molar-refractivity contribution in [3.8, 4) is 45.4 Å².